The third kappa shape index (κ3) is 5.46. The molecule has 16 heavy (non-hydrogen) atoms. The summed E-state index contributed by atoms with van der Waals surface area (Å²) >= 11 is 0. The molecule has 0 spiro atoms. The molecule has 9 nitrogen and oxygen atoms in total. The van der Waals surface area contributed by atoms with Crippen molar-refractivity contribution in [1.29, 1.82) is 0 Å². The molecule has 0 aromatic heterocycles. The Labute approximate surface area is 90.9 Å². The van der Waals surface area contributed by atoms with Gasteiger partial charge in [0.2, 0.25) is 0 Å². The zero-order valence-electron chi connectivity index (χ0n) is 7.87. The Balaban J connectivity index is 4.27. The van der Waals surface area contributed by atoms with Crippen LogP contribution in [0.3, 0.4) is 0 Å². The summed E-state index contributed by atoms with van der Waals surface area (Å²) in [6.45, 7) is -1.04. The second-order valence-corrected chi connectivity index (χ2v) is 3.98. The predicted octanol–water partition coefficient (Wildman–Crippen LogP) is -3.55. The van der Waals surface area contributed by atoms with Crippen molar-refractivity contribution < 1.29 is 42.4 Å². The van der Waals surface area contributed by atoms with Crippen molar-refractivity contribution in [1.82, 2.24) is 0 Å². The molecular formula is C6H12O9S. The molecule has 0 aliphatic rings. The highest BCUT2D eigenvalue weighted by atomic mass is 32.3. The minimum atomic E-state index is -4.79. The van der Waals surface area contributed by atoms with Gasteiger partial charge in [0.1, 0.15) is 24.4 Å². The van der Waals surface area contributed by atoms with Crippen LogP contribution in [0.1, 0.15) is 0 Å². The van der Waals surface area contributed by atoms with Gasteiger partial charge in [-0.1, -0.05) is 0 Å². The zero-order valence-corrected chi connectivity index (χ0v) is 8.69. The molecule has 0 aliphatic heterocycles. The summed E-state index contributed by atoms with van der Waals surface area (Å²) in [5.41, 5.74) is 0. The van der Waals surface area contributed by atoms with Gasteiger partial charge in [0, 0.05) is 0 Å². The Morgan fingerprint density at radius 3 is 2.00 bits per heavy atom. The van der Waals surface area contributed by atoms with E-state index >= 15 is 0 Å². The maximum atomic E-state index is 10.1. The molecule has 0 fully saturated rings. The maximum absolute atomic E-state index is 10.1. The Bertz CT molecular complexity index is 312. The van der Waals surface area contributed by atoms with Crippen molar-refractivity contribution in [2.24, 2.45) is 0 Å². The molecule has 0 heterocycles. The Morgan fingerprint density at radius 1 is 1.12 bits per heavy atom. The van der Waals surface area contributed by atoms with Crippen LogP contribution in [-0.2, 0) is 19.4 Å². The number of carbonyl (C=O) groups is 1. The standard InChI is InChI=1S/C6H12O9S/c7-1-3(8)5(10)6(11)4(9)2-15-16(12,13)14/h1,3-6,8-11H,2H2,(H,12,13,14)/t3-,4-,5-,6+/m1/s1. The Kier molecular flexibility index (Phi) is 5.96. The molecule has 0 saturated carbocycles. The fourth-order valence-corrected chi connectivity index (χ4v) is 1.08. The van der Waals surface area contributed by atoms with Gasteiger partial charge < -0.3 is 25.2 Å². The molecule has 0 aliphatic carbocycles. The highest BCUT2D eigenvalue weighted by Crippen LogP contribution is 2.05. The van der Waals surface area contributed by atoms with Gasteiger partial charge in [0.25, 0.3) is 0 Å². The predicted molar refractivity (Wildman–Crippen MR) is 47.6 cm³/mol. The molecule has 4 atom stereocenters. The zero-order chi connectivity index (χ0) is 12.9. The van der Waals surface area contributed by atoms with E-state index in [0.29, 0.717) is 0 Å². The van der Waals surface area contributed by atoms with E-state index in [-0.39, 0.29) is 6.29 Å². The van der Waals surface area contributed by atoms with Gasteiger partial charge in [-0.25, -0.2) is 4.18 Å². The number of aldehydes is 1. The first-order chi connectivity index (χ1) is 7.19. The van der Waals surface area contributed by atoms with Crippen LogP contribution in [0.2, 0.25) is 0 Å². The van der Waals surface area contributed by atoms with Gasteiger partial charge in [-0.05, 0) is 0 Å². The Morgan fingerprint density at radius 2 is 1.62 bits per heavy atom. The molecule has 0 saturated heterocycles. The largest absolute Gasteiger partial charge is 0.397 e. The summed E-state index contributed by atoms with van der Waals surface area (Å²) in [5, 5.41) is 36.0. The van der Waals surface area contributed by atoms with Crippen LogP contribution in [0, 0.1) is 0 Å². The average Bonchev–Trinajstić information content (AvgIpc) is 2.21. The van der Waals surface area contributed by atoms with Crippen LogP contribution >= 0.6 is 0 Å². The lowest BCUT2D eigenvalue weighted by Gasteiger charge is -2.23. The SMILES string of the molecule is O=C[C@@H](O)[C@@H](O)[C@@H](O)[C@H](O)COS(=O)(=O)O. The van der Waals surface area contributed by atoms with Gasteiger partial charge in [-0.3, -0.25) is 4.55 Å². The molecule has 0 radical (unpaired) electrons. The van der Waals surface area contributed by atoms with E-state index in [0.717, 1.165) is 0 Å². The lowest BCUT2D eigenvalue weighted by atomic mass is 10.0. The van der Waals surface area contributed by atoms with Gasteiger partial charge in [-0.2, -0.15) is 8.42 Å². The summed E-state index contributed by atoms with van der Waals surface area (Å²) in [6, 6.07) is 0. The first kappa shape index (κ1) is 15.4. The second kappa shape index (κ2) is 6.20. The third-order valence-electron chi connectivity index (χ3n) is 1.62. The van der Waals surface area contributed by atoms with E-state index in [1.54, 1.807) is 0 Å². The Hall–Kier alpha value is -0.620. The number of aliphatic hydroxyl groups excluding tert-OH is 4. The third-order valence-corrected chi connectivity index (χ3v) is 2.06. The smallest absolute Gasteiger partial charge is 0.388 e. The molecule has 96 valence electrons. The number of aliphatic hydroxyl groups is 4. The first-order valence-electron chi connectivity index (χ1n) is 3.98. The molecule has 0 amide bonds. The first-order valence-corrected chi connectivity index (χ1v) is 5.35. The van der Waals surface area contributed by atoms with E-state index in [9.17, 15) is 13.2 Å². The van der Waals surface area contributed by atoms with Crippen molar-refractivity contribution in [2.45, 2.75) is 24.4 Å². The van der Waals surface area contributed by atoms with E-state index in [2.05, 4.69) is 4.18 Å². The molecule has 0 unspecified atom stereocenters. The number of carbonyl (C=O) groups excluding carboxylic acids is 1. The topological polar surface area (TPSA) is 162 Å². The van der Waals surface area contributed by atoms with Gasteiger partial charge >= 0.3 is 10.4 Å². The van der Waals surface area contributed by atoms with Crippen molar-refractivity contribution in [3.05, 3.63) is 0 Å². The van der Waals surface area contributed by atoms with Crippen LogP contribution in [0.25, 0.3) is 0 Å². The normalized spacial score (nSPS) is 19.8. The van der Waals surface area contributed by atoms with Crippen LogP contribution < -0.4 is 0 Å². The molecule has 10 heteroatoms. The summed E-state index contributed by atoms with van der Waals surface area (Å²) < 4.78 is 32.0. The van der Waals surface area contributed by atoms with Crippen molar-refractivity contribution >= 4 is 16.7 Å². The molecule has 5 N–H and O–H groups in total. The van der Waals surface area contributed by atoms with Gasteiger partial charge in [0.15, 0.2) is 6.29 Å². The van der Waals surface area contributed by atoms with Crippen LogP contribution in [0.5, 0.6) is 0 Å². The van der Waals surface area contributed by atoms with Gasteiger partial charge in [-0.15, -0.1) is 0 Å². The van der Waals surface area contributed by atoms with E-state index in [1.165, 1.54) is 0 Å². The second-order valence-electron chi connectivity index (χ2n) is 2.89. The van der Waals surface area contributed by atoms with Gasteiger partial charge in [0.05, 0.1) is 6.61 Å². The van der Waals surface area contributed by atoms with E-state index in [4.69, 9.17) is 25.0 Å². The summed E-state index contributed by atoms with van der Waals surface area (Å²) in [5.74, 6) is 0. The molecule has 0 bridgehead atoms. The minimum absolute atomic E-state index is 0.0791. The van der Waals surface area contributed by atoms with E-state index < -0.39 is 41.4 Å². The lowest BCUT2D eigenvalue weighted by molar-refractivity contribution is -0.135. The average molecular weight is 260 g/mol. The van der Waals surface area contributed by atoms with E-state index in [1.807, 2.05) is 0 Å². The minimum Gasteiger partial charge on any atom is -0.388 e. The quantitative estimate of drug-likeness (QED) is 0.230. The van der Waals surface area contributed by atoms with Crippen molar-refractivity contribution in [2.75, 3.05) is 6.61 Å². The summed E-state index contributed by atoms with van der Waals surface area (Å²) in [7, 11) is -4.79. The number of hydrogen-bond acceptors (Lipinski definition) is 8. The lowest BCUT2D eigenvalue weighted by Crippen LogP contribution is -2.46. The number of rotatable bonds is 7. The molecule has 0 rings (SSSR count). The fourth-order valence-electron chi connectivity index (χ4n) is 0.764. The molecular weight excluding hydrogens is 248 g/mol. The molecule has 0 aromatic rings. The van der Waals surface area contributed by atoms with Crippen molar-refractivity contribution in [3.63, 3.8) is 0 Å². The highest BCUT2D eigenvalue weighted by Gasteiger charge is 2.31. The highest BCUT2D eigenvalue weighted by molar-refractivity contribution is 7.80. The summed E-state index contributed by atoms with van der Waals surface area (Å²) in [6.07, 6.45) is -7.94. The summed E-state index contributed by atoms with van der Waals surface area (Å²) in [4.78, 5) is 10.0. The monoisotopic (exact) mass is 260 g/mol. The van der Waals surface area contributed by atoms with Crippen LogP contribution in [0.15, 0.2) is 0 Å². The maximum Gasteiger partial charge on any atom is 0.397 e. The van der Waals surface area contributed by atoms with Crippen molar-refractivity contribution in [3.8, 4) is 0 Å². The van der Waals surface area contributed by atoms with Crippen LogP contribution in [0.4, 0.5) is 0 Å². The fraction of sp³-hybridized carbons (Fsp3) is 0.833. The molecule has 0 aromatic carbocycles. The number of hydrogen-bond donors (Lipinski definition) is 5. The van der Waals surface area contributed by atoms with Crippen LogP contribution in [-0.4, -0.2) is 70.7 Å².